The molecule has 2 N–H and O–H groups in total. The summed E-state index contributed by atoms with van der Waals surface area (Å²) in [4.78, 5) is 42.7. The van der Waals surface area contributed by atoms with Gasteiger partial charge in [0.05, 0.1) is 12.5 Å². The van der Waals surface area contributed by atoms with Crippen LogP contribution in [0.2, 0.25) is 0 Å². The Morgan fingerprint density at radius 3 is 2.43 bits per heavy atom. The molecule has 0 bridgehead atoms. The molecule has 1 aromatic rings. The average molecular weight is 437 g/mol. The maximum atomic E-state index is 13.0. The number of carbonyl (C=O) groups excluding carboxylic acids is 3. The fourth-order valence-corrected chi connectivity index (χ4v) is 4.12. The quantitative estimate of drug-likeness (QED) is 0.777. The van der Waals surface area contributed by atoms with E-state index in [0.29, 0.717) is 45.6 Å². The van der Waals surface area contributed by atoms with E-state index in [1.807, 2.05) is 4.90 Å². The van der Waals surface area contributed by atoms with Crippen LogP contribution in [0.1, 0.15) is 36.5 Å². The highest BCUT2D eigenvalue weighted by atomic mass is 35.5. The van der Waals surface area contributed by atoms with Crippen molar-refractivity contribution in [2.45, 2.75) is 46.2 Å². The van der Waals surface area contributed by atoms with Crippen molar-refractivity contribution < 1.29 is 14.4 Å². The van der Waals surface area contributed by atoms with Crippen molar-refractivity contribution in [1.82, 2.24) is 14.7 Å². The number of halogens is 1. The molecule has 8 heteroatoms. The van der Waals surface area contributed by atoms with Gasteiger partial charge in [0, 0.05) is 45.7 Å². The van der Waals surface area contributed by atoms with E-state index < -0.39 is 0 Å². The molecule has 0 spiro atoms. The average Bonchev–Trinajstić information content (AvgIpc) is 2.87. The number of likely N-dealkylation sites (tertiary alicyclic amines) is 1. The minimum absolute atomic E-state index is 0. The zero-order valence-electron chi connectivity index (χ0n) is 18.1. The maximum absolute atomic E-state index is 13.0. The summed E-state index contributed by atoms with van der Waals surface area (Å²) in [5.74, 6) is -0.415. The van der Waals surface area contributed by atoms with Gasteiger partial charge in [0.1, 0.15) is 0 Å². The maximum Gasteiger partial charge on any atom is 0.242 e. The Morgan fingerprint density at radius 1 is 1.07 bits per heavy atom. The highest BCUT2D eigenvalue weighted by Crippen LogP contribution is 2.21. The van der Waals surface area contributed by atoms with E-state index in [1.165, 1.54) is 18.1 Å². The minimum atomic E-state index is -0.286. The smallest absolute Gasteiger partial charge is 0.242 e. The van der Waals surface area contributed by atoms with E-state index in [2.05, 4.69) is 32.0 Å². The van der Waals surface area contributed by atoms with Crippen LogP contribution in [0, 0.1) is 19.8 Å². The number of benzene rings is 1. The van der Waals surface area contributed by atoms with E-state index in [4.69, 9.17) is 5.73 Å². The highest BCUT2D eigenvalue weighted by molar-refractivity contribution is 5.87. The second kappa shape index (κ2) is 10.3. The summed E-state index contributed by atoms with van der Waals surface area (Å²) in [6.07, 6.45) is 1.36. The van der Waals surface area contributed by atoms with Crippen LogP contribution in [0.5, 0.6) is 0 Å². The number of nitrogens with two attached hydrogens (primary N) is 1. The van der Waals surface area contributed by atoms with Crippen molar-refractivity contribution in [1.29, 1.82) is 0 Å². The first-order valence-electron chi connectivity index (χ1n) is 10.4. The van der Waals surface area contributed by atoms with Gasteiger partial charge in [0.25, 0.3) is 0 Å². The third-order valence-electron chi connectivity index (χ3n) is 6.15. The van der Waals surface area contributed by atoms with Gasteiger partial charge in [-0.1, -0.05) is 18.2 Å². The lowest BCUT2D eigenvalue weighted by atomic mass is 10.00. The number of rotatable bonds is 3. The fourth-order valence-electron chi connectivity index (χ4n) is 4.12. The van der Waals surface area contributed by atoms with Gasteiger partial charge in [-0.15, -0.1) is 12.4 Å². The Morgan fingerprint density at radius 2 is 1.80 bits per heavy atom. The van der Waals surface area contributed by atoms with Crippen LogP contribution in [0.15, 0.2) is 18.2 Å². The van der Waals surface area contributed by atoms with Crippen LogP contribution in [-0.2, 0) is 20.9 Å². The van der Waals surface area contributed by atoms with Crippen LogP contribution in [-0.4, -0.2) is 71.2 Å². The summed E-state index contributed by atoms with van der Waals surface area (Å²) in [6.45, 7) is 8.25. The molecule has 166 valence electrons. The standard InChI is InChI=1S/C22H32N4O3.ClH/c1-15-4-5-18(10-16(15)2)11-24-8-9-25(14-21(24)28)22(29)19-6-7-20(23)13-26(12-19)17(3)27;/h4-5,10,19-20H,6-9,11-14,23H2,1-3H3;1H/t19-,20+;/m1./s1. The Balaban J connectivity index is 0.00000320. The molecule has 3 rings (SSSR count). The van der Waals surface area contributed by atoms with Crippen LogP contribution in [0.25, 0.3) is 0 Å². The fraction of sp³-hybridized carbons (Fsp3) is 0.591. The largest absolute Gasteiger partial charge is 0.341 e. The molecule has 0 saturated carbocycles. The summed E-state index contributed by atoms with van der Waals surface area (Å²) in [5, 5.41) is 0. The molecular formula is C22H33ClN4O3. The second-order valence-corrected chi connectivity index (χ2v) is 8.45. The summed E-state index contributed by atoms with van der Waals surface area (Å²) in [6, 6.07) is 6.14. The molecule has 7 nitrogen and oxygen atoms in total. The second-order valence-electron chi connectivity index (χ2n) is 8.45. The van der Waals surface area contributed by atoms with Gasteiger partial charge in [-0.2, -0.15) is 0 Å². The SMILES string of the molecule is CC(=O)N1C[C@@H](N)CC[C@@H](C(=O)N2CCN(Cc3ccc(C)c(C)c3)C(=O)C2)C1.Cl. The molecule has 2 fully saturated rings. The Labute approximate surface area is 185 Å². The third kappa shape index (κ3) is 5.73. The van der Waals surface area contributed by atoms with E-state index in [0.717, 1.165) is 5.56 Å². The Kier molecular flexibility index (Phi) is 8.26. The van der Waals surface area contributed by atoms with Gasteiger partial charge in [-0.3, -0.25) is 14.4 Å². The third-order valence-corrected chi connectivity index (χ3v) is 6.15. The molecule has 2 aliphatic heterocycles. The van der Waals surface area contributed by atoms with E-state index in [-0.39, 0.29) is 48.6 Å². The molecule has 2 atom stereocenters. The van der Waals surface area contributed by atoms with Gasteiger partial charge >= 0.3 is 0 Å². The molecule has 2 aliphatic rings. The van der Waals surface area contributed by atoms with Gasteiger partial charge in [0.2, 0.25) is 17.7 Å². The molecule has 2 saturated heterocycles. The molecule has 0 aliphatic carbocycles. The first-order chi connectivity index (χ1) is 13.7. The summed E-state index contributed by atoms with van der Waals surface area (Å²) >= 11 is 0. The molecule has 0 unspecified atom stereocenters. The zero-order chi connectivity index (χ0) is 21.1. The van der Waals surface area contributed by atoms with Crippen molar-refractivity contribution in [3.8, 4) is 0 Å². The first kappa shape index (κ1) is 24.2. The topological polar surface area (TPSA) is 86.9 Å². The minimum Gasteiger partial charge on any atom is -0.341 e. The van der Waals surface area contributed by atoms with Crippen molar-refractivity contribution in [2.75, 3.05) is 32.7 Å². The summed E-state index contributed by atoms with van der Waals surface area (Å²) in [7, 11) is 0. The van der Waals surface area contributed by atoms with Gasteiger partial charge in [-0.25, -0.2) is 0 Å². The monoisotopic (exact) mass is 436 g/mol. The number of amides is 3. The van der Waals surface area contributed by atoms with E-state index in [9.17, 15) is 14.4 Å². The predicted molar refractivity (Wildman–Crippen MR) is 118 cm³/mol. The Bertz CT molecular complexity index is 801. The normalized spacial score (nSPS) is 22.4. The summed E-state index contributed by atoms with van der Waals surface area (Å²) in [5.41, 5.74) is 9.61. The van der Waals surface area contributed by atoms with Crippen molar-refractivity contribution in [2.24, 2.45) is 11.7 Å². The molecule has 0 aromatic heterocycles. The van der Waals surface area contributed by atoms with Crippen molar-refractivity contribution in [3.63, 3.8) is 0 Å². The molecule has 30 heavy (non-hydrogen) atoms. The van der Waals surface area contributed by atoms with Gasteiger partial charge in [0.15, 0.2) is 0 Å². The number of carbonyl (C=O) groups is 3. The van der Waals surface area contributed by atoms with E-state index >= 15 is 0 Å². The summed E-state index contributed by atoms with van der Waals surface area (Å²) < 4.78 is 0. The van der Waals surface area contributed by atoms with E-state index in [1.54, 1.807) is 9.80 Å². The molecular weight excluding hydrogens is 404 g/mol. The lowest BCUT2D eigenvalue weighted by Crippen LogP contribution is -2.54. The molecule has 3 amide bonds. The van der Waals surface area contributed by atoms with Crippen LogP contribution >= 0.6 is 12.4 Å². The lowest BCUT2D eigenvalue weighted by Gasteiger charge is -2.36. The van der Waals surface area contributed by atoms with Crippen molar-refractivity contribution >= 4 is 30.1 Å². The molecule has 2 heterocycles. The Hall–Kier alpha value is -2.12. The van der Waals surface area contributed by atoms with Gasteiger partial charge in [-0.05, 0) is 43.4 Å². The first-order valence-corrected chi connectivity index (χ1v) is 10.4. The zero-order valence-corrected chi connectivity index (χ0v) is 18.9. The highest BCUT2D eigenvalue weighted by Gasteiger charge is 2.34. The number of aryl methyl sites for hydroxylation is 2. The molecule has 0 radical (unpaired) electrons. The number of hydrogen-bond donors (Lipinski definition) is 1. The number of piperazine rings is 1. The predicted octanol–water partition coefficient (Wildman–Crippen LogP) is 1.48. The molecule has 1 aromatic carbocycles. The van der Waals surface area contributed by atoms with Crippen LogP contribution in [0.4, 0.5) is 0 Å². The van der Waals surface area contributed by atoms with Crippen LogP contribution in [0.3, 0.4) is 0 Å². The van der Waals surface area contributed by atoms with Crippen molar-refractivity contribution in [3.05, 3.63) is 34.9 Å². The van der Waals surface area contributed by atoms with Gasteiger partial charge < -0.3 is 20.4 Å². The number of nitrogens with zero attached hydrogens (tertiary/aromatic N) is 3. The number of hydrogen-bond acceptors (Lipinski definition) is 4. The lowest BCUT2D eigenvalue weighted by molar-refractivity contribution is -0.148. The van der Waals surface area contributed by atoms with Crippen LogP contribution < -0.4 is 5.73 Å².